The SMILES string of the molecule is CNS(=O)(=O)c1ccc(CNC(=O)N(C)CC2(c3ccccc3)CC2)s1. The number of benzene rings is 1. The van der Waals surface area contributed by atoms with Crippen molar-refractivity contribution in [3.8, 4) is 0 Å². The summed E-state index contributed by atoms with van der Waals surface area (Å²) in [5.41, 5.74) is 1.35. The van der Waals surface area contributed by atoms with Gasteiger partial charge in [0.1, 0.15) is 4.21 Å². The highest BCUT2D eigenvalue weighted by molar-refractivity contribution is 7.91. The van der Waals surface area contributed by atoms with Crippen molar-refractivity contribution in [2.24, 2.45) is 0 Å². The standard InChI is InChI=1S/C18H23N3O3S2/c1-19-26(23,24)16-9-8-15(25-16)12-20-17(22)21(2)13-18(10-11-18)14-6-4-3-5-7-14/h3-9,19H,10-13H2,1-2H3,(H,20,22). The molecular formula is C18H23N3O3S2. The van der Waals surface area contributed by atoms with Crippen LogP contribution in [0.1, 0.15) is 23.3 Å². The molecule has 140 valence electrons. The molecule has 0 atom stereocenters. The molecule has 0 saturated heterocycles. The predicted molar refractivity (Wildman–Crippen MR) is 103 cm³/mol. The van der Waals surface area contributed by atoms with Crippen LogP contribution in [0.15, 0.2) is 46.7 Å². The second-order valence-electron chi connectivity index (χ2n) is 6.59. The summed E-state index contributed by atoms with van der Waals surface area (Å²) in [6.45, 7) is 0.984. The van der Waals surface area contributed by atoms with Crippen LogP contribution in [0.2, 0.25) is 0 Å². The maximum absolute atomic E-state index is 12.4. The Labute approximate surface area is 158 Å². The molecule has 2 aromatic rings. The number of thiophene rings is 1. The van der Waals surface area contributed by atoms with Crippen LogP contribution in [0.4, 0.5) is 4.79 Å². The molecule has 8 heteroatoms. The Balaban J connectivity index is 1.56. The highest BCUT2D eigenvalue weighted by atomic mass is 32.2. The Morgan fingerprint density at radius 1 is 1.19 bits per heavy atom. The first-order chi connectivity index (χ1) is 12.4. The van der Waals surface area contributed by atoms with Gasteiger partial charge >= 0.3 is 6.03 Å². The van der Waals surface area contributed by atoms with Crippen molar-refractivity contribution >= 4 is 27.4 Å². The highest BCUT2D eigenvalue weighted by Crippen LogP contribution is 2.48. The maximum Gasteiger partial charge on any atom is 0.317 e. The summed E-state index contributed by atoms with van der Waals surface area (Å²) in [6, 6.07) is 13.4. The summed E-state index contributed by atoms with van der Waals surface area (Å²) in [4.78, 5) is 14.9. The van der Waals surface area contributed by atoms with Crippen LogP contribution in [-0.2, 0) is 22.0 Å². The van der Waals surface area contributed by atoms with E-state index in [0.29, 0.717) is 13.1 Å². The topological polar surface area (TPSA) is 78.5 Å². The molecular weight excluding hydrogens is 370 g/mol. The molecule has 1 aliphatic carbocycles. The van der Waals surface area contributed by atoms with Crippen molar-refractivity contribution in [3.05, 3.63) is 52.9 Å². The van der Waals surface area contributed by atoms with Crippen LogP contribution < -0.4 is 10.0 Å². The summed E-state index contributed by atoms with van der Waals surface area (Å²) in [5, 5.41) is 2.87. The molecule has 6 nitrogen and oxygen atoms in total. The van der Waals surface area contributed by atoms with E-state index in [9.17, 15) is 13.2 Å². The van der Waals surface area contributed by atoms with E-state index in [1.54, 1.807) is 24.1 Å². The minimum atomic E-state index is -3.43. The van der Waals surface area contributed by atoms with E-state index in [2.05, 4.69) is 22.2 Å². The normalized spacial score (nSPS) is 15.5. The average Bonchev–Trinajstić information content (AvgIpc) is 3.26. The van der Waals surface area contributed by atoms with Gasteiger partial charge in [-0.05, 0) is 37.6 Å². The van der Waals surface area contributed by atoms with Gasteiger partial charge in [-0.2, -0.15) is 0 Å². The van der Waals surface area contributed by atoms with Crippen LogP contribution in [0, 0.1) is 0 Å². The van der Waals surface area contributed by atoms with E-state index in [1.165, 1.54) is 12.6 Å². The number of amides is 2. The summed E-state index contributed by atoms with van der Waals surface area (Å²) in [7, 11) is -0.257. The fraction of sp³-hybridized carbons (Fsp3) is 0.389. The third-order valence-corrected chi connectivity index (χ3v) is 7.70. The number of hydrogen-bond acceptors (Lipinski definition) is 4. The number of rotatable bonds is 7. The van der Waals surface area contributed by atoms with Crippen LogP contribution in [0.5, 0.6) is 0 Å². The van der Waals surface area contributed by atoms with Crippen molar-refractivity contribution in [3.63, 3.8) is 0 Å². The quantitative estimate of drug-likeness (QED) is 0.759. The van der Waals surface area contributed by atoms with Crippen molar-refractivity contribution in [2.75, 3.05) is 20.6 Å². The molecule has 26 heavy (non-hydrogen) atoms. The maximum atomic E-state index is 12.4. The summed E-state index contributed by atoms with van der Waals surface area (Å²) >= 11 is 1.16. The minimum absolute atomic E-state index is 0.0737. The molecule has 0 radical (unpaired) electrons. The van der Waals surface area contributed by atoms with Crippen molar-refractivity contribution in [1.29, 1.82) is 0 Å². The fourth-order valence-electron chi connectivity index (χ4n) is 3.00. The van der Waals surface area contributed by atoms with E-state index >= 15 is 0 Å². The first kappa shape index (κ1) is 18.9. The van der Waals surface area contributed by atoms with Crippen molar-refractivity contribution in [2.45, 2.75) is 29.0 Å². The third-order valence-electron chi connectivity index (χ3n) is 4.71. The number of carbonyl (C=O) groups excluding carboxylic acids is 1. The van der Waals surface area contributed by atoms with Gasteiger partial charge in [-0.1, -0.05) is 30.3 Å². The average molecular weight is 394 g/mol. The summed E-state index contributed by atoms with van der Waals surface area (Å²) in [5.74, 6) is 0. The Bertz CT molecular complexity index is 874. The second-order valence-corrected chi connectivity index (χ2v) is 9.87. The molecule has 3 rings (SSSR count). The zero-order valence-electron chi connectivity index (χ0n) is 14.9. The largest absolute Gasteiger partial charge is 0.333 e. The number of urea groups is 1. The van der Waals surface area contributed by atoms with Gasteiger partial charge in [-0.25, -0.2) is 17.9 Å². The Morgan fingerprint density at radius 2 is 1.88 bits per heavy atom. The minimum Gasteiger partial charge on any atom is -0.333 e. The van der Waals surface area contributed by atoms with Gasteiger partial charge in [0.2, 0.25) is 10.0 Å². The second kappa shape index (κ2) is 7.38. The molecule has 1 heterocycles. The molecule has 0 bridgehead atoms. The number of nitrogens with one attached hydrogen (secondary N) is 2. The number of hydrogen-bond donors (Lipinski definition) is 2. The molecule has 2 amide bonds. The highest BCUT2D eigenvalue weighted by Gasteiger charge is 2.45. The Kier molecular flexibility index (Phi) is 5.36. The van der Waals surface area contributed by atoms with Crippen LogP contribution in [0.3, 0.4) is 0 Å². The lowest BCUT2D eigenvalue weighted by Crippen LogP contribution is -2.41. The number of likely N-dealkylation sites (N-methyl/N-ethyl adjacent to an activating group) is 1. The van der Waals surface area contributed by atoms with E-state index in [1.807, 2.05) is 18.2 Å². The van der Waals surface area contributed by atoms with Crippen molar-refractivity contribution < 1.29 is 13.2 Å². The lowest BCUT2D eigenvalue weighted by atomic mass is 9.95. The van der Waals surface area contributed by atoms with Crippen LogP contribution >= 0.6 is 11.3 Å². The Morgan fingerprint density at radius 3 is 2.50 bits per heavy atom. The molecule has 0 unspecified atom stereocenters. The van der Waals surface area contributed by atoms with Crippen LogP contribution in [0.25, 0.3) is 0 Å². The van der Waals surface area contributed by atoms with E-state index in [0.717, 1.165) is 29.1 Å². The number of sulfonamides is 1. The van der Waals surface area contributed by atoms with Crippen molar-refractivity contribution in [1.82, 2.24) is 14.9 Å². The summed E-state index contributed by atoms with van der Waals surface area (Å²) in [6.07, 6.45) is 2.18. The monoisotopic (exact) mass is 393 g/mol. The molecule has 0 spiro atoms. The van der Waals surface area contributed by atoms with Gasteiger partial charge in [-0.3, -0.25) is 0 Å². The molecule has 1 saturated carbocycles. The van der Waals surface area contributed by atoms with E-state index < -0.39 is 10.0 Å². The van der Waals surface area contributed by atoms with E-state index in [4.69, 9.17) is 0 Å². The lowest BCUT2D eigenvalue weighted by Gasteiger charge is -2.24. The van der Waals surface area contributed by atoms with Gasteiger partial charge in [-0.15, -0.1) is 11.3 Å². The third kappa shape index (κ3) is 4.08. The van der Waals surface area contributed by atoms with Gasteiger partial charge in [0.25, 0.3) is 0 Å². The molecule has 2 N–H and O–H groups in total. The molecule has 1 aliphatic rings. The fourth-order valence-corrected chi connectivity index (χ4v) is 5.14. The molecule has 0 aliphatic heterocycles. The molecule has 1 aromatic carbocycles. The summed E-state index contributed by atoms with van der Waals surface area (Å²) < 4.78 is 26.1. The van der Waals surface area contributed by atoms with Gasteiger partial charge < -0.3 is 10.2 Å². The van der Waals surface area contributed by atoms with Gasteiger partial charge in [0, 0.05) is 23.9 Å². The first-order valence-electron chi connectivity index (χ1n) is 8.43. The smallest absolute Gasteiger partial charge is 0.317 e. The first-order valence-corrected chi connectivity index (χ1v) is 10.7. The van der Waals surface area contributed by atoms with Crippen LogP contribution in [-0.4, -0.2) is 40.0 Å². The zero-order valence-corrected chi connectivity index (χ0v) is 16.5. The molecule has 1 fully saturated rings. The van der Waals surface area contributed by atoms with Gasteiger partial charge in [0.05, 0.1) is 6.54 Å². The zero-order chi connectivity index (χ0) is 18.8. The van der Waals surface area contributed by atoms with Gasteiger partial charge in [0.15, 0.2) is 0 Å². The number of nitrogens with zero attached hydrogens (tertiary/aromatic N) is 1. The number of carbonyl (C=O) groups is 1. The Hall–Kier alpha value is -1.90. The van der Waals surface area contributed by atoms with E-state index in [-0.39, 0.29) is 15.7 Å². The lowest BCUT2D eigenvalue weighted by molar-refractivity contribution is 0.204. The molecule has 1 aromatic heterocycles. The predicted octanol–water partition coefficient (Wildman–Crippen LogP) is 2.53.